The van der Waals surface area contributed by atoms with Gasteiger partial charge in [-0.25, -0.2) is 17.6 Å². The lowest BCUT2D eigenvalue weighted by Crippen LogP contribution is -2.50. The van der Waals surface area contributed by atoms with Crippen LogP contribution in [0.3, 0.4) is 0 Å². The second kappa shape index (κ2) is 7.33. The molecule has 0 atom stereocenters. The summed E-state index contributed by atoms with van der Waals surface area (Å²) in [5.41, 5.74) is 1.23. The van der Waals surface area contributed by atoms with Crippen molar-refractivity contribution in [1.82, 2.24) is 4.90 Å². The van der Waals surface area contributed by atoms with E-state index in [2.05, 4.69) is 5.32 Å². The van der Waals surface area contributed by atoms with Crippen molar-refractivity contribution in [2.75, 3.05) is 42.7 Å². The molecule has 138 valence electrons. The number of amides is 2. The fourth-order valence-electron chi connectivity index (χ4n) is 2.85. The number of carbonyl (C=O) groups is 1. The van der Waals surface area contributed by atoms with Gasteiger partial charge in [0.2, 0.25) is 0 Å². The van der Waals surface area contributed by atoms with Gasteiger partial charge in [-0.15, -0.1) is 0 Å². The molecule has 0 aromatic heterocycles. The van der Waals surface area contributed by atoms with Gasteiger partial charge < -0.3 is 15.1 Å². The molecule has 1 fully saturated rings. The summed E-state index contributed by atoms with van der Waals surface area (Å²) < 4.78 is 36.6. The van der Waals surface area contributed by atoms with Crippen LogP contribution < -0.4 is 10.2 Å². The Bertz CT molecular complexity index is 909. The monoisotopic (exact) mass is 377 g/mol. The lowest BCUT2D eigenvalue weighted by Gasteiger charge is -2.36. The zero-order chi connectivity index (χ0) is 18.7. The van der Waals surface area contributed by atoms with E-state index in [4.69, 9.17) is 0 Å². The number of hydrogen-bond acceptors (Lipinski definition) is 4. The van der Waals surface area contributed by atoms with E-state index in [0.29, 0.717) is 31.9 Å². The molecule has 1 N–H and O–H groups in total. The van der Waals surface area contributed by atoms with Gasteiger partial charge in [-0.3, -0.25) is 0 Å². The number of rotatable bonds is 3. The first kappa shape index (κ1) is 18.2. The topological polar surface area (TPSA) is 69.7 Å². The van der Waals surface area contributed by atoms with Crippen LogP contribution in [0.25, 0.3) is 0 Å². The molecule has 1 heterocycles. The van der Waals surface area contributed by atoms with Crippen LogP contribution in [-0.4, -0.2) is 51.8 Å². The van der Waals surface area contributed by atoms with Crippen molar-refractivity contribution in [1.29, 1.82) is 0 Å². The van der Waals surface area contributed by atoms with Crippen LogP contribution in [-0.2, 0) is 9.84 Å². The van der Waals surface area contributed by atoms with E-state index in [1.165, 1.54) is 24.3 Å². The fraction of sp³-hybridized carbons (Fsp3) is 0.278. The van der Waals surface area contributed by atoms with Crippen molar-refractivity contribution in [2.45, 2.75) is 4.90 Å². The first-order chi connectivity index (χ1) is 12.3. The summed E-state index contributed by atoms with van der Waals surface area (Å²) in [6, 6.07) is 12.3. The Morgan fingerprint density at radius 3 is 2.38 bits per heavy atom. The Hall–Kier alpha value is -2.61. The molecule has 0 saturated carbocycles. The van der Waals surface area contributed by atoms with Crippen LogP contribution in [0.5, 0.6) is 0 Å². The lowest BCUT2D eigenvalue weighted by molar-refractivity contribution is 0.208. The minimum Gasteiger partial charge on any atom is -0.368 e. The zero-order valence-corrected chi connectivity index (χ0v) is 15.2. The molecule has 1 saturated heterocycles. The van der Waals surface area contributed by atoms with Crippen LogP contribution in [0.4, 0.5) is 20.6 Å². The normalized spacial score (nSPS) is 15.0. The van der Waals surface area contributed by atoms with Gasteiger partial charge in [0.15, 0.2) is 9.84 Å². The number of benzene rings is 2. The molecule has 1 aliphatic rings. The molecule has 0 spiro atoms. The molecular weight excluding hydrogens is 357 g/mol. The van der Waals surface area contributed by atoms with Gasteiger partial charge in [-0.2, -0.15) is 0 Å². The highest BCUT2D eigenvalue weighted by Crippen LogP contribution is 2.19. The summed E-state index contributed by atoms with van der Waals surface area (Å²) in [5.74, 6) is -0.284. The molecule has 0 bridgehead atoms. The Morgan fingerprint density at radius 2 is 1.73 bits per heavy atom. The van der Waals surface area contributed by atoms with Crippen molar-refractivity contribution >= 4 is 27.2 Å². The predicted octanol–water partition coefficient (Wildman–Crippen LogP) is 2.58. The van der Waals surface area contributed by atoms with E-state index < -0.39 is 9.84 Å². The third kappa shape index (κ3) is 4.32. The standard InChI is InChI=1S/C18H20FN3O3S/c1-26(24,25)17-7-3-5-15(13-17)20-18(23)22-10-8-21(9-11-22)16-6-2-4-14(19)12-16/h2-7,12-13H,8-11H2,1H3,(H,20,23). The highest BCUT2D eigenvalue weighted by molar-refractivity contribution is 7.90. The summed E-state index contributed by atoms with van der Waals surface area (Å²) in [6.45, 7) is 2.18. The Morgan fingerprint density at radius 1 is 1.04 bits per heavy atom. The lowest BCUT2D eigenvalue weighted by atomic mass is 10.2. The summed E-state index contributed by atoms with van der Waals surface area (Å²) in [6.07, 6.45) is 1.12. The first-order valence-electron chi connectivity index (χ1n) is 8.19. The number of hydrogen-bond donors (Lipinski definition) is 1. The molecule has 0 aliphatic carbocycles. The minimum atomic E-state index is -3.33. The van der Waals surface area contributed by atoms with E-state index in [0.717, 1.165) is 11.9 Å². The number of anilines is 2. The van der Waals surface area contributed by atoms with Crippen molar-refractivity contribution in [3.05, 3.63) is 54.3 Å². The van der Waals surface area contributed by atoms with Crippen LogP contribution in [0.15, 0.2) is 53.4 Å². The largest absolute Gasteiger partial charge is 0.368 e. The third-order valence-electron chi connectivity index (χ3n) is 4.25. The average molecular weight is 377 g/mol. The second-order valence-corrected chi connectivity index (χ2v) is 8.20. The van der Waals surface area contributed by atoms with Gasteiger partial charge in [0, 0.05) is 43.8 Å². The minimum absolute atomic E-state index is 0.159. The zero-order valence-electron chi connectivity index (χ0n) is 14.4. The second-order valence-electron chi connectivity index (χ2n) is 6.18. The van der Waals surface area contributed by atoms with Crippen LogP contribution in [0.1, 0.15) is 0 Å². The average Bonchev–Trinajstić information content (AvgIpc) is 2.61. The third-order valence-corrected chi connectivity index (χ3v) is 5.36. The summed E-state index contributed by atoms with van der Waals surface area (Å²) in [4.78, 5) is 16.3. The van der Waals surface area contributed by atoms with Crippen molar-refractivity contribution in [2.24, 2.45) is 0 Å². The molecule has 0 unspecified atom stereocenters. The molecule has 26 heavy (non-hydrogen) atoms. The predicted molar refractivity (Wildman–Crippen MR) is 98.8 cm³/mol. The molecule has 2 aromatic rings. The Kier molecular flexibility index (Phi) is 5.13. The number of nitrogens with zero attached hydrogens (tertiary/aromatic N) is 2. The quantitative estimate of drug-likeness (QED) is 0.893. The van der Waals surface area contributed by atoms with Crippen LogP contribution in [0, 0.1) is 5.82 Å². The number of carbonyl (C=O) groups excluding carboxylic acids is 1. The van der Waals surface area contributed by atoms with E-state index in [1.807, 2.05) is 11.0 Å². The first-order valence-corrected chi connectivity index (χ1v) is 10.1. The molecule has 1 aliphatic heterocycles. The molecule has 2 aromatic carbocycles. The smallest absolute Gasteiger partial charge is 0.321 e. The van der Waals surface area contributed by atoms with Gasteiger partial charge in [0.25, 0.3) is 0 Å². The van der Waals surface area contributed by atoms with E-state index in [1.54, 1.807) is 23.1 Å². The molecule has 6 nitrogen and oxygen atoms in total. The van der Waals surface area contributed by atoms with Crippen molar-refractivity contribution in [3.63, 3.8) is 0 Å². The van der Waals surface area contributed by atoms with Crippen molar-refractivity contribution < 1.29 is 17.6 Å². The van der Waals surface area contributed by atoms with Gasteiger partial charge in [-0.05, 0) is 36.4 Å². The van der Waals surface area contributed by atoms with E-state index in [-0.39, 0.29) is 16.7 Å². The maximum Gasteiger partial charge on any atom is 0.321 e. The number of piperazine rings is 1. The van der Waals surface area contributed by atoms with E-state index in [9.17, 15) is 17.6 Å². The maximum atomic E-state index is 13.3. The molecule has 0 radical (unpaired) electrons. The molecule has 3 rings (SSSR count). The van der Waals surface area contributed by atoms with Gasteiger partial charge in [0.05, 0.1) is 4.90 Å². The number of sulfone groups is 1. The van der Waals surface area contributed by atoms with Gasteiger partial charge >= 0.3 is 6.03 Å². The highest BCUT2D eigenvalue weighted by Gasteiger charge is 2.21. The summed E-state index contributed by atoms with van der Waals surface area (Å²) in [5, 5.41) is 2.73. The van der Waals surface area contributed by atoms with Crippen LogP contribution in [0.2, 0.25) is 0 Å². The number of nitrogens with one attached hydrogen (secondary N) is 1. The number of halogens is 1. The Labute approximate surface area is 152 Å². The molecular formula is C18H20FN3O3S. The Balaban J connectivity index is 1.61. The molecule has 8 heteroatoms. The van der Waals surface area contributed by atoms with Gasteiger partial charge in [0.1, 0.15) is 5.82 Å². The van der Waals surface area contributed by atoms with Gasteiger partial charge in [-0.1, -0.05) is 12.1 Å². The van der Waals surface area contributed by atoms with Crippen molar-refractivity contribution in [3.8, 4) is 0 Å². The van der Waals surface area contributed by atoms with Crippen LogP contribution >= 0.6 is 0 Å². The molecule has 2 amide bonds. The SMILES string of the molecule is CS(=O)(=O)c1cccc(NC(=O)N2CCN(c3cccc(F)c3)CC2)c1. The number of urea groups is 1. The fourth-order valence-corrected chi connectivity index (χ4v) is 3.51. The summed E-state index contributed by atoms with van der Waals surface area (Å²) >= 11 is 0. The highest BCUT2D eigenvalue weighted by atomic mass is 32.2. The maximum absolute atomic E-state index is 13.3. The summed E-state index contributed by atoms with van der Waals surface area (Å²) in [7, 11) is -3.33. The van der Waals surface area contributed by atoms with E-state index >= 15 is 0 Å².